The predicted octanol–water partition coefficient (Wildman–Crippen LogP) is 4.43. The maximum atomic E-state index is 11.7. The molecule has 0 aliphatic carbocycles. The van der Waals surface area contributed by atoms with Crippen LogP contribution in [0.15, 0.2) is 48.5 Å². The Kier molecular flexibility index (Phi) is 5.32. The Hall–Kier alpha value is -1.65. The fourth-order valence-electron chi connectivity index (χ4n) is 1.62. The third-order valence-corrected chi connectivity index (χ3v) is 3.25. The van der Waals surface area contributed by atoms with E-state index in [4.69, 9.17) is 16.3 Å². The lowest BCUT2D eigenvalue weighted by Gasteiger charge is -2.12. The Morgan fingerprint density at radius 3 is 2.70 bits per heavy atom. The minimum atomic E-state index is -0.0855. The number of para-hydroxylation sites is 1. The molecule has 0 bridgehead atoms. The first kappa shape index (κ1) is 14.8. The lowest BCUT2D eigenvalue weighted by Crippen LogP contribution is -2.14. The quantitative estimate of drug-likeness (QED) is 0.888. The number of halogens is 1. The maximum absolute atomic E-state index is 11.7. The zero-order chi connectivity index (χ0) is 14.4. The summed E-state index contributed by atoms with van der Waals surface area (Å²) in [7, 11) is 0. The van der Waals surface area contributed by atoms with Crippen molar-refractivity contribution in [2.75, 3.05) is 17.3 Å². The molecule has 0 atom stereocenters. The lowest BCUT2D eigenvalue weighted by molar-refractivity contribution is -0.113. The largest absolute Gasteiger partial charge is 0.455 e. The number of rotatable bonds is 5. The van der Waals surface area contributed by atoms with Crippen LogP contribution in [0.1, 0.15) is 0 Å². The molecule has 0 fully saturated rings. The number of anilines is 1. The average molecular weight is 308 g/mol. The summed E-state index contributed by atoms with van der Waals surface area (Å²) in [6, 6.07) is 14.5. The molecule has 0 aliphatic heterocycles. The standard InChI is InChI=1S/C15H14ClNO2S/c1-20-10-15(18)17-13-9-11(16)7-8-14(13)19-12-5-3-2-4-6-12/h2-9H,10H2,1H3,(H,17,18). The molecule has 0 heterocycles. The molecule has 2 rings (SSSR count). The van der Waals surface area contributed by atoms with Crippen molar-refractivity contribution in [2.45, 2.75) is 0 Å². The molecule has 3 nitrogen and oxygen atoms in total. The fourth-order valence-corrected chi connectivity index (χ4v) is 2.13. The van der Waals surface area contributed by atoms with Crippen molar-refractivity contribution >= 4 is 35.0 Å². The number of amides is 1. The fraction of sp³-hybridized carbons (Fsp3) is 0.133. The second-order valence-electron chi connectivity index (χ2n) is 4.04. The molecule has 2 aromatic carbocycles. The molecule has 1 N–H and O–H groups in total. The van der Waals surface area contributed by atoms with Crippen molar-refractivity contribution in [3.8, 4) is 11.5 Å². The zero-order valence-electron chi connectivity index (χ0n) is 10.9. The second kappa shape index (κ2) is 7.22. The van der Waals surface area contributed by atoms with Crippen LogP contribution in [0.4, 0.5) is 5.69 Å². The Morgan fingerprint density at radius 2 is 2.00 bits per heavy atom. The van der Waals surface area contributed by atoms with Gasteiger partial charge in [0, 0.05) is 5.02 Å². The molecule has 1 amide bonds. The van der Waals surface area contributed by atoms with Crippen LogP contribution in [0.2, 0.25) is 5.02 Å². The maximum Gasteiger partial charge on any atom is 0.234 e. The predicted molar refractivity (Wildman–Crippen MR) is 85.0 cm³/mol. The molecule has 104 valence electrons. The van der Waals surface area contributed by atoms with Gasteiger partial charge < -0.3 is 10.1 Å². The van der Waals surface area contributed by atoms with E-state index < -0.39 is 0 Å². The van der Waals surface area contributed by atoms with Gasteiger partial charge in [-0.15, -0.1) is 0 Å². The van der Waals surface area contributed by atoms with Crippen molar-refractivity contribution in [3.05, 3.63) is 53.6 Å². The van der Waals surface area contributed by atoms with Crippen molar-refractivity contribution in [1.82, 2.24) is 0 Å². The lowest BCUT2D eigenvalue weighted by atomic mass is 10.3. The van der Waals surface area contributed by atoms with Gasteiger partial charge in [0.05, 0.1) is 11.4 Å². The Morgan fingerprint density at radius 1 is 1.25 bits per heavy atom. The summed E-state index contributed by atoms with van der Waals surface area (Å²) in [5.74, 6) is 1.57. The van der Waals surface area contributed by atoms with E-state index in [0.29, 0.717) is 28.0 Å². The minimum absolute atomic E-state index is 0.0855. The molecule has 0 radical (unpaired) electrons. The summed E-state index contributed by atoms with van der Waals surface area (Å²) in [6.45, 7) is 0. The Balaban J connectivity index is 2.21. The summed E-state index contributed by atoms with van der Waals surface area (Å²) >= 11 is 7.43. The van der Waals surface area contributed by atoms with Crippen molar-refractivity contribution in [3.63, 3.8) is 0 Å². The SMILES string of the molecule is CSCC(=O)Nc1cc(Cl)ccc1Oc1ccccc1. The summed E-state index contributed by atoms with van der Waals surface area (Å²) in [5, 5.41) is 3.35. The van der Waals surface area contributed by atoms with E-state index in [1.54, 1.807) is 18.2 Å². The van der Waals surface area contributed by atoms with Gasteiger partial charge in [0.25, 0.3) is 0 Å². The van der Waals surface area contributed by atoms with Crippen molar-refractivity contribution in [2.24, 2.45) is 0 Å². The van der Waals surface area contributed by atoms with Crippen LogP contribution in [0.3, 0.4) is 0 Å². The van der Waals surface area contributed by atoms with Gasteiger partial charge in [-0.05, 0) is 36.6 Å². The highest BCUT2D eigenvalue weighted by Crippen LogP contribution is 2.32. The minimum Gasteiger partial charge on any atom is -0.455 e. The molecular weight excluding hydrogens is 294 g/mol. The highest BCUT2D eigenvalue weighted by Gasteiger charge is 2.09. The number of nitrogens with one attached hydrogen (secondary N) is 1. The highest BCUT2D eigenvalue weighted by molar-refractivity contribution is 7.99. The number of benzene rings is 2. The summed E-state index contributed by atoms with van der Waals surface area (Å²) < 4.78 is 5.76. The smallest absolute Gasteiger partial charge is 0.234 e. The number of hydrogen-bond donors (Lipinski definition) is 1. The molecule has 0 spiro atoms. The van der Waals surface area contributed by atoms with Crippen LogP contribution < -0.4 is 10.1 Å². The molecule has 5 heteroatoms. The normalized spacial score (nSPS) is 10.1. The number of thioether (sulfide) groups is 1. The van der Waals surface area contributed by atoms with Crippen LogP contribution >= 0.6 is 23.4 Å². The van der Waals surface area contributed by atoms with Gasteiger partial charge in [-0.2, -0.15) is 11.8 Å². The Bertz CT molecular complexity index is 590. The molecule has 0 saturated heterocycles. The summed E-state index contributed by atoms with van der Waals surface area (Å²) in [6.07, 6.45) is 1.87. The molecule has 0 aromatic heterocycles. The van der Waals surface area contributed by atoms with E-state index in [0.717, 1.165) is 0 Å². The first-order chi connectivity index (χ1) is 9.69. The number of carbonyl (C=O) groups is 1. The van der Waals surface area contributed by atoms with Gasteiger partial charge in [0.1, 0.15) is 5.75 Å². The zero-order valence-corrected chi connectivity index (χ0v) is 12.5. The van der Waals surface area contributed by atoms with Crippen LogP contribution in [-0.2, 0) is 4.79 Å². The first-order valence-electron chi connectivity index (χ1n) is 6.00. The van der Waals surface area contributed by atoms with Gasteiger partial charge in [0.15, 0.2) is 5.75 Å². The van der Waals surface area contributed by atoms with Crippen LogP contribution in [-0.4, -0.2) is 17.9 Å². The molecule has 20 heavy (non-hydrogen) atoms. The monoisotopic (exact) mass is 307 g/mol. The van der Waals surface area contributed by atoms with Crippen molar-refractivity contribution < 1.29 is 9.53 Å². The first-order valence-corrected chi connectivity index (χ1v) is 7.77. The summed E-state index contributed by atoms with van der Waals surface area (Å²) in [5.41, 5.74) is 0.570. The molecular formula is C15H14ClNO2S. The third-order valence-electron chi connectivity index (χ3n) is 2.46. The summed E-state index contributed by atoms with van der Waals surface area (Å²) in [4.78, 5) is 11.7. The number of carbonyl (C=O) groups excluding carboxylic acids is 1. The van der Waals surface area contributed by atoms with E-state index in [1.165, 1.54) is 11.8 Å². The number of ether oxygens (including phenoxy) is 1. The van der Waals surface area contributed by atoms with E-state index in [-0.39, 0.29) is 5.91 Å². The van der Waals surface area contributed by atoms with E-state index in [9.17, 15) is 4.79 Å². The van der Waals surface area contributed by atoms with Gasteiger partial charge in [0.2, 0.25) is 5.91 Å². The van der Waals surface area contributed by atoms with Crippen molar-refractivity contribution in [1.29, 1.82) is 0 Å². The van der Waals surface area contributed by atoms with Gasteiger partial charge in [-0.3, -0.25) is 4.79 Å². The second-order valence-corrected chi connectivity index (χ2v) is 5.34. The van der Waals surface area contributed by atoms with E-state index in [2.05, 4.69) is 5.32 Å². The van der Waals surface area contributed by atoms with Crippen LogP contribution in [0, 0.1) is 0 Å². The molecule has 0 aliphatic rings. The average Bonchev–Trinajstić information content (AvgIpc) is 2.43. The van der Waals surface area contributed by atoms with Crippen LogP contribution in [0.25, 0.3) is 0 Å². The van der Waals surface area contributed by atoms with Gasteiger partial charge in [-0.25, -0.2) is 0 Å². The van der Waals surface area contributed by atoms with E-state index in [1.807, 2.05) is 36.6 Å². The highest BCUT2D eigenvalue weighted by atomic mass is 35.5. The van der Waals surface area contributed by atoms with Gasteiger partial charge in [-0.1, -0.05) is 29.8 Å². The van der Waals surface area contributed by atoms with E-state index >= 15 is 0 Å². The number of hydrogen-bond acceptors (Lipinski definition) is 3. The third kappa shape index (κ3) is 4.18. The molecule has 0 unspecified atom stereocenters. The topological polar surface area (TPSA) is 38.3 Å². The van der Waals surface area contributed by atoms with Gasteiger partial charge >= 0.3 is 0 Å². The van der Waals surface area contributed by atoms with Crippen LogP contribution in [0.5, 0.6) is 11.5 Å². The Labute approximate surface area is 127 Å². The molecule has 2 aromatic rings. The molecule has 0 saturated carbocycles.